The number of ether oxygens (including phenoxy) is 1. The highest BCUT2D eigenvalue weighted by Crippen LogP contribution is 2.20. The molecule has 0 N–H and O–H groups in total. The van der Waals surface area contributed by atoms with E-state index < -0.39 is 0 Å². The second kappa shape index (κ2) is 6.73. The Labute approximate surface area is 109 Å². The molecule has 0 spiro atoms. The zero-order chi connectivity index (χ0) is 13.7. The van der Waals surface area contributed by atoms with Gasteiger partial charge < -0.3 is 9.64 Å². The zero-order valence-electron chi connectivity index (χ0n) is 11.8. The number of likely N-dealkylation sites (tertiary alicyclic amines) is 1. The molecule has 1 aliphatic rings. The Balaban J connectivity index is 2.44. The van der Waals surface area contributed by atoms with Gasteiger partial charge in [0.05, 0.1) is 18.6 Å². The van der Waals surface area contributed by atoms with Gasteiger partial charge in [-0.2, -0.15) is 0 Å². The van der Waals surface area contributed by atoms with Crippen molar-refractivity contribution in [1.82, 2.24) is 9.80 Å². The zero-order valence-corrected chi connectivity index (χ0v) is 11.8. The molecule has 5 nitrogen and oxygen atoms in total. The summed E-state index contributed by atoms with van der Waals surface area (Å²) in [5, 5.41) is 0. The van der Waals surface area contributed by atoms with Crippen LogP contribution in [0.1, 0.15) is 26.7 Å². The molecule has 18 heavy (non-hydrogen) atoms. The number of hydrogen-bond acceptors (Lipinski definition) is 4. The van der Waals surface area contributed by atoms with Gasteiger partial charge in [0.25, 0.3) is 0 Å². The van der Waals surface area contributed by atoms with Gasteiger partial charge in [-0.15, -0.1) is 0 Å². The molecular formula is C13H24N2O3. The Morgan fingerprint density at radius 3 is 2.33 bits per heavy atom. The topological polar surface area (TPSA) is 49.9 Å². The van der Waals surface area contributed by atoms with Crippen molar-refractivity contribution in [3.8, 4) is 0 Å². The number of likely N-dealkylation sites (N-methyl/N-ethyl adjacent to an activating group) is 1. The van der Waals surface area contributed by atoms with Crippen LogP contribution in [0.2, 0.25) is 0 Å². The SMILES string of the molecule is CCOC(=O)C1CCN(C(C)C(=O)N(C)C)CC1. The van der Waals surface area contributed by atoms with Crippen LogP contribution in [0.5, 0.6) is 0 Å². The Morgan fingerprint density at radius 2 is 1.89 bits per heavy atom. The van der Waals surface area contributed by atoms with Crippen LogP contribution >= 0.6 is 0 Å². The van der Waals surface area contributed by atoms with E-state index in [4.69, 9.17) is 4.74 Å². The predicted molar refractivity (Wildman–Crippen MR) is 69.1 cm³/mol. The van der Waals surface area contributed by atoms with Crippen molar-refractivity contribution in [2.75, 3.05) is 33.8 Å². The normalized spacial score (nSPS) is 19.3. The largest absolute Gasteiger partial charge is 0.466 e. The van der Waals surface area contributed by atoms with Gasteiger partial charge in [0.2, 0.25) is 5.91 Å². The molecule has 0 radical (unpaired) electrons. The van der Waals surface area contributed by atoms with Crippen molar-refractivity contribution in [3.05, 3.63) is 0 Å². The van der Waals surface area contributed by atoms with Crippen molar-refractivity contribution in [3.63, 3.8) is 0 Å². The van der Waals surface area contributed by atoms with E-state index in [2.05, 4.69) is 4.90 Å². The monoisotopic (exact) mass is 256 g/mol. The van der Waals surface area contributed by atoms with Crippen molar-refractivity contribution >= 4 is 11.9 Å². The molecular weight excluding hydrogens is 232 g/mol. The van der Waals surface area contributed by atoms with Crippen LogP contribution in [-0.2, 0) is 14.3 Å². The summed E-state index contributed by atoms with van der Waals surface area (Å²) in [5.41, 5.74) is 0. The Kier molecular flexibility index (Phi) is 5.59. The molecule has 0 aromatic rings. The van der Waals surface area contributed by atoms with Crippen LogP contribution in [0.25, 0.3) is 0 Å². The first-order valence-electron chi connectivity index (χ1n) is 6.59. The van der Waals surface area contributed by atoms with Crippen LogP contribution in [-0.4, -0.2) is 61.5 Å². The Hall–Kier alpha value is -1.10. The van der Waals surface area contributed by atoms with Crippen LogP contribution in [0.3, 0.4) is 0 Å². The molecule has 1 unspecified atom stereocenters. The number of carbonyl (C=O) groups excluding carboxylic acids is 2. The summed E-state index contributed by atoms with van der Waals surface area (Å²) in [6.45, 7) is 5.75. The van der Waals surface area contributed by atoms with E-state index in [9.17, 15) is 9.59 Å². The van der Waals surface area contributed by atoms with E-state index in [1.165, 1.54) is 0 Å². The highest BCUT2D eigenvalue weighted by Gasteiger charge is 2.30. The van der Waals surface area contributed by atoms with Gasteiger partial charge in [-0.25, -0.2) is 0 Å². The summed E-state index contributed by atoms with van der Waals surface area (Å²) >= 11 is 0. The molecule has 0 aromatic heterocycles. The number of nitrogens with zero attached hydrogens (tertiary/aromatic N) is 2. The third kappa shape index (κ3) is 3.70. The molecule has 0 saturated carbocycles. The van der Waals surface area contributed by atoms with E-state index >= 15 is 0 Å². The molecule has 1 saturated heterocycles. The average molecular weight is 256 g/mol. The molecule has 1 atom stereocenters. The molecule has 0 aliphatic carbocycles. The van der Waals surface area contributed by atoms with Crippen LogP contribution < -0.4 is 0 Å². The lowest BCUT2D eigenvalue weighted by atomic mass is 9.96. The highest BCUT2D eigenvalue weighted by molar-refractivity contribution is 5.81. The Bertz CT molecular complexity index is 297. The van der Waals surface area contributed by atoms with Gasteiger partial charge in [0, 0.05) is 14.1 Å². The maximum atomic E-state index is 11.9. The Morgan fingerprint density at radius 1 is 1.33 bits per heavy atom. The van der Waals surface area contributed by atoms with Crippen molar-refractivity contribution in [1.29, 1.82) is 0 Å². The lowest BCUT2D eigenvalue weighted by molar-refractivity contribution is -0.150. The molecule has 1 aliphatic heterocycles. The molecule has 0 bridgehead atoms. The fourth-order valence-corrected chi connectivity index (χ4v) is 2.31. The van der Waals surface area contributed by atoms with Gasteiger partial charge in [0.15, 0.2) is 0 Å². The minimum absolute atomic E-state index is 0.00265. The maximum Gasteiger partial charge on any atom is 0.309 e. The molecule has 0 aromatic carbocycles. The van der Waals surface area contributed by atoms with Crippen LogP contribution in [0.4, 0.5) is 0 Å². The maximum absolute atomic E-state index is 11.9. The third-order valence-corrected chi connectivity index (χ3v) is 3.50. The summed E-state index contributed by atoms with van der Waals surface area (Å²) in [7, 11) is 3.54. The number of piperidine rings is 1. The smallest absolute Gasteiger partial charge is 0.309 e. The average Bonchev–Trinajstić information content (AvgIpc) is 2.37. The highest BCUT2D eigenvalue weighted by atomic mass is 16.5. The minimum atomic E-state index is -0.108. The molecule has 1 fully saturated rings. The van der Waals surface area contributed by atoms with Crippen LogP contribution in [0, 0.1) is 5.92 Å². The van der Waals surface area contributed by atoms with E-state index in [1.807, 2.05) is 13.8 Å². The van der Waals surface area contributed by atoms with Gasteiger partial charge in [0.1, 0.15) is 0 Å². The van der Waals surface area contributed by atoms with Crippen molar-refractivity contribution in [2.45, 2.75) is 32.7 Å². The number of rotatable bonds is 4. The van der Waals surface area contributed by atoms with Crippen LogP contribution in [0.15, 0.2) is 0 Å². The van der Waals surface area contributed by atoms with E-state index in [1.54, 1.807) is 19.0 Å². The standard InChI is InChI=1S/C13H24N2O3/c1-5-18-13(17)11-6-8-15(9-7-11)10(2)12(16)14(3)4/h10-11H,5-9H2,1-4H3. The summed E-state index contributed by atoms with van der Waals surface area (Å²) in [5.74, 6) is 0.0242. The summed E-state index contributed by atoms with van der Waals surface area (Å²) < 4.78 is 5.03. The number of amides is 1. The first-order chi connectivity index (χ1) is 8.47. The molecule has 104 valence electrons. The quantitative estimate of drug-likeness (QED) is 0.696. The lowest BCUT2D eigenvalue weighted by Gasteiger charge is -2.35. The summed E-state index contributed by atoms with van der Waals surface area (Å²) in [6.07, 6.45) is 1.56. The van der Waals surface area contributed by atoms with Crippen molar-refractivity contribution < 1.29 is 14.3 Å². The number of esters is 1. The predicted octanol–water partition coefficient (Wildman–Crippen LogP) is 0.738. The van der Waals surface area contributed by atoms with Crippen molar-refractivity contribution in [2.24, 2.45) is 5.92 Å². The second-order valence-electron chi connectivity index (χ2n) is 4.97. The lowest BCUT2D eigenvalue weighted by Crippen LogP contribution is -2.48. The first kappa shape index (κ1) is 15.0. The fraction of sp³-hybridized carbons (Fsp3) is 0.846. The molecule has 1 heterocycles. The third-order valence-electron chi connectivity index (χ3n) is 3.50. The molecule has 5 heteroatoms. The van der Waals surface area contributed by atoms with E-state index in [0.717, 1.165) is 25.9 Å². The van der Waals surface area contributed by atoms with Gasteiger partial charge >= 0.3 is 5.97 Å². The van der Waals surface area contributed by atoms with Gasteiger partial charge in [-0.3, -0.25) is 14.5 Å². The van der Waals surface area contributed by atoms with E-state index in [-0.39, 0.29) is 23.8 Å². The van der Waals surface area contributed by atoms with E-state index in [0.29, 0.717) is 6.61 Å². The first-order valence-corrected chi connectivity index (χ1v) is 6.59. The number of carbonyl (C=O) groups is 2. The molecule has 1 rings (SSSR count). The minimum Gasteiger partial charge on any atom is -0.466 e. The number of hydrogen-bond donors (Lipinski definition) is 0. The molecule has 1 amide bonds. The fourth-order valence-electron chi connectivity index (χ4n) is 2.31. The second-order valence-corrected chi connectivity index (χ2v) is 4.97. The summed E-state index contributed by atoms with van der Waals surface area (Å²) in [6, 6.07) is -0.108. The van der Waals surface area contributed by atoms with Gasteiger partial charge in [-0.1, -0.05) is 0 Å². The van der Waals surface area contributed by atoms with Gasteiger partial charge in [-0.05, 0) is 39.8 Å². The summed E-state index contributed by atoms with van der Waals surface area (Å²) in [4.78, 5) is 27.2.